The van der Waals surface area contributed by atoms with Crippen molar-refractivity contribution < 1.29 is 23.1 Å². The lowest BCUT2D eigenvalue weighted by Gasteiger charge is -2.44. The molecule has 4 nitrogen and oxygen atoms in total. The number of aryl methyl sites for hydroxylation is 1. The molecule has 0 bridgehead atoms. The quantitative estimate of drug-likeness (QED) is 0.428. The maximum atomic E-state index is 13.2. The summed E-state index contributed by atoms with van der Waals surface area (Å²) in [5.41, 5.74) is 2.03. The SMILES string of the molecule is Cc1ccc(N2CCN(C(=O)C(O)c3ccc(C(F)(F)F)cc3)C[C@H]2c2ccc(Cl)cc2)c(Cl)c1. The lowest BCUT2D eigenvalue weighted by atomic mass is 9.99. The number of piperazine rings is 1. The van der Waals surface area contributed by atoms with Gasteiger partial charge in [0.15, 0.2) is 6.10 Å². The second kappa shape index (κ2) is 10.1. The van der Waals surface area contributed by atoms with Crippen LogP contribution in [-0.2, 0) is 11.0 Å². The maximum absolute atomic E-state index is 13.2. The molecule has 1 fully saturated rings. The Kier molecular flexibility index (Phi) is 7.31. The molecule has 3 aromatic carbocycles. The first kappa shape index (κ1) is 25.4. The Morgan fingerprint density at radius 3 is 2.26 bits per heavy atom. The van der Waals surface area contributed by atoms with Crippen LogP contribution in [0.5, 0.6) is 0 Å². The summed E-state index contributed by atoms with van der Waals surface area (Å²) in [5.74, 6) is -0.571. The van der Waals surface area contributed by atoms with Crippen LogP contribution in [0.25, 0.3) is 0 Å². The lowest BCUT2D eigenvalue weighted by Crippen LogP contribution is -2.51. The number of carbonyl (C=O) groups is 1. The van der Waals surface area contributed by atoms with E-state index in [1.54, 1.807) is 12.1 Å². The van der Waals surface area contributed by atoms with Gasteiger partial charge < -0.3 is 14.9 Å². The molecular weight excluding hydrogens is 500 g/mol. The molecule has 0 aliphatic carbocycles. The van der Waals surface area contributed by atoms with E-state index in [4.69, 9.17) is 23.2 Å². The summed E-state index contributed by atoms with van der Waals surface area (Å²) < 4.78 is 38.6. The van der Waals surface area contributed by atoms with Gasteiger partial charge in [-0.3, -0.25) is 4.79 Å². The van der Waals surface area contributed by atoms with Crippen molar-refractivity contribution in [1.82, 2.24) is 4.90 Å². The number of halogens is 5. The van der Waals surface area contributed by atoms with Crippen molar-refractivity contribution in [1.29, 1.82) is 0 Å². The van der Waals surface area contributed by atoms with Crippen molar-refractivity contribution in [2.45, 2.75) is 25.2 Å². The number of aliphatic hydroxyl groups is 1. The summed E-state index contributed by atoms with van der Waals surface area (Å²) in [5, 5.41) is 11.8. The molecule has 1 aliphatic rings. The van der Waals surface area contributed by atoms with Gasteiger partial charge in [0.2, 0.25) is 0 Å². The summed E-state index contributed by atoms with van der Waals surface area (Å²) in [6.45, 7) is 2.96. The van der Waals surface area contributed by atoms with Crippen LogP contribution in [0.1, 0.15) is 34.4 Å². The zero-order valence-electron chi connectivity index (χ0n) is 18.8. The minimum Gasteiger partial charge on any atom is -0.378 e. The van der Waals surface area contributed by atoms with Crippen LogP contribution in [0.2, 0.25) is 10.0 Å². The van der Waals surface area contributed by atoms with Crippen LogP contribution in [0.3, 0.4) is 0 Å². The smallest absolute Gasteiger partial charge is 0.378 e. The number of anilines is 1. The molecule has 9 heteroatoms. The normalized spacial score (nSPS) is 17.4. The van der Waals surface area contributed by atoms with Gasteiger partial charge >= 0.3 is 6.18 Å². The van der Waals surface area contributed by atoms with Gasteiger partial charge in [0.25, 0.3) is 5.91 Å². The van der Waals surface area contributed by atoms with Gasteiger partial charge in [-0.1, -0.05) is 53.5 Å². The highest BCUT2D eigenvalue weighted by molar-refractivity contribution is 6.33. The third-order valence-corrected chi connectivity index (χ3v) is 6.70. The lowest BCUT2D eigenvalue weighted by molar-refractivity contribution is -0.141. The van der Waals surface area contributed by atoms with E-state index in [9.17, 15) is 23.1 Å². The van der Waals surface area contributed by atoms with Gasteiger partial charge in [0.1, 0.15) is 0 Å². The standard InChI is InChI=1S/C26H23Cl2F3N2O2/c1-16-2-11-22(21(28)14-16)33-13-12-32(15-23(33)17-5-9-20(27)10-6-17)25(35)24(34)18-3-7-19(8-4-18)26(29,30)31/h2-11,14,23-24,34H,12-13,15H2,1H3/t23-,24?/m0/s1. The van der Waals surface area contributed by atoms with E-state index in [-0.39, 0.29) is 18.2 Å². The fraction of sp³-hybridized carbons (Fsp3) is 0.269. The van der Waals surface area contributed by atoms with E-state index in [1.807, 2.05) is 37.3 Å². The van der Waals surface area contributed by atoms with Gasteiger partial charge in [-0.25, -0.2) is 0 Å². The third kappa shape index (κ3) is 5.58. The van der Waals surface area contributed by atoms with E-state index in [0.29, 0.717) is 23.1 Å². The van der Waals surface area contributed by atoms with Gasteiger partial charge in [0.05, 0.1) is 22.3 Å². The molecule has 1 unspecified atom stereocenters. The molecule has 4 rings (SSSR count). The summed E-state index contributed by atoms with van der Waals surface area (Å²) in [6, 6.07) is 16.8. The highest BCUT2D eigenvalue weighted by atomic mass is 35.5. The maximum Gasteiger partial charge on any atom is 0.416 e. The molecule has 1 aliphatic heterocycles. The van der Waals surface area contributed by atoms with Crippen LogP contribution in [-0.4, -0.2) is 35.5 Å². The molecule has 35 heavy (non-hydrogen) atoms. The van der Waals surface area contributed by atoms with Crippen LogP contribution >= 0.6 is 23.2 Å². The van der Waals surface area contributed by atoms with E-state index < -0.39 is 23.8 Å². The minimum absolute atomic E-state index is 0.107. The highest BCUT2D eigenvalue weighted by Crippen LogP contribution is 2.37. The molecule has 1 heterocycles. The second-order valence-corrected chi connectivity index (χ2v) is 9.37. The molecule has 3 aromatic rings. The molecule has 0 spiro atoms. The highest BCUT2D eigenvalue weighted by Gasteiger charge is 2.35. The molecule has 0 radical (unpaired) electrons. The Morgan fingerprint density at radius 1 is 1.00 bits per heavy atom. The van der Waals surface area contributed by atoms with Crippen LogP contribution in [0.4, 0.5) is 18.9 Å². The van der Waals surface area contributed by atoms with E-state index in [0.717, 1.165) is 41.1 Å². The predicted molar refractivity (Wildman–Crippen MR) is 131 cm³/mol. The van der Waals surface area contributed by atoms with Crippen LogP contribution < -0.4 is 4.90 Å². The third-order valence-electron chi connectivity index (χ3n) is 6.15. The Morgan fingerprint density at radius 2 is 1.66 bits per heavy atom. The van der Waals surface area contributed by atoms with Crippen LogP contribution in [0, 0.1) is 6.92 Å². The van der Waals surface area contributed by atoms with Crippen molar-refractivity contribution in [3.63, 3.8) is 0 Å². The van der Waals surface area contributed by atoms with Gasteiger partial charge in [0, 0.05) is 24.7 Å². The number of alkyl halides is 3. The molecule has 0 aromatic heterocycles. The number of nitrogens with zero attached hydrogens (tertiary/aromatic N) is 2. The molecule has 0 saturated carbocycles. The zero-order valence-corrected chi connectivity index (χ0v) is 20.3. The van der Waals surface area contributed by atoms with Gasteiger partial charge in [-0.05, 0) is 60.0 Å². The molecule has 1 amide bonds. The second-order valence-electron chi connectivity index (χ2n) is 8.52. The number of amides is 1. The van der Waals surface area contributed by atoms with Crippen molar-refractivity contribution in [3.8, 4) is 0 Å². The Labute approximate surface area is 211 Å². The number of hydrogen-bond donors (Lipinski definition) is 1. The van der Waals surface area contributed by atoms with E-state index >= 15 is 0 Å². The number of hydrogen-bond acceptors (Lipinski definition) is 3. The molecular formula is C26H23Cl2F3N2O2. The monoisotopic (exact) mass is 522 g/mol. The molecule has 1 saturated heterocycles. The number of benzene rings is 3. The summed E-state index contributed by atoms with van der Waals surface area (Å²) in [4.78, 5) is 16.8. The number of aliphatic hydroxyl groups excluding tert-OH is 1. The zero-order chi connectivity index (χ0) is 25.3. The van der Waals surface area contributed by atoms with Crippen molar-refractivity contribution in [2.24, 2.45) is 0 Å². The number of carbonyl (C=O) groups excluding carboxylic acids is 1. The Hall–Kier alpha value is -2.74. The van der Waals surface area contributed by atoms with Crippen molar-refractivity contribution in [3.05, 3.63) is 99.0 Å². The summed E-state index contributed by atoms with van der Waals surface area (Å²) in [7, 11) is 0. The Bertz CT molecular complexity index is 1200. The fourth-order valence-electron chi connectivity index (χ4n) is 4.26. The first-order valence-corrected chi connectivity index (χ1v) is 11.7. The first-order valence-electron chi connectivity index (χ1n) is 11.0. The predicted octanol–water partition coefficient (Wildman–Crippen LogP) is 6.44. The minimum atomic E-state index is -4.49. The van der Waals surface area contributed by atoms with Crippen molar-refractivity contribution in [2.75, 3.05) is 24.5 Å². The molecule has 1 N–H and O–H groups in total. The fourth-order valence-corrected chi connectivity index (χ4v) is 4.73. The van der Waals surface area contributed by atoms with Gasteiger partial charge in [-0.15, -0.1) is 0 Å². The average molecular weight is 523 g/mol. The average Bonchev–Trinajstić information content (AvgIpc) is 2.83. The Balaban J connectivity index is 1.59. The summed E-state index contributed by atoms with van der Waals surface area (Å²) >= 11 is 12.6. The summed E-state index contributed by atoms with van der Waals surface area (Å²) in [6.07, 6.45) is -6.06. The van der Waals surface area contributed by atoms with E-state index in [1.165, 1.54) is 4.90 Å². The number of rotatable bonds is 4. The first-order chi connectivity index (χ1) is 16.5. The van der Waals surface area contributed by atoms with E-state index in [2.05, 4.69) is 4.90 Å². The van der Waals surface area contributed by atoms with Crippen molar-refractivity contribution >= 4 is 34.8 Å². The topological polar surface area (TPSA) is 43.8 Å². The largest absolute Gasteiger partial charge is 0.416 e. The molecule has 2 atom stereocenters. The molecule has 184 valence electrons. The van der Waals surface area contributed by atoms with Gasteiger partial charge in [-0.2, -0.15) is 13.2 Å². The van der Waals surface area contributed by atoms with Crippen LogP contribution in [0.15, 0.2) is 66.7 Å².